The van der Waals surface area contributed by atoms with Crippen molar-refractivity contribution in [1.29, 1.82) is 0 Å². The fraction of sp³-hybridized carbons (Fsp3) is 0.941. The van der Waals surface area contributed by atoms with Crippen molar-refractivity contribution in [3.63, 3.8) is 0 Å². The standard InChI is InChI=1S/C17H28N2O2/c1-18(9-12-2-3-12)10-14-11-19(6-7-21-14)17(20)16-8-15(16)13-4-5-13/h12-16H,2-11H2,1H3. The molecule has 0 radical (unpaired) electrons. The normalized spacial score (nSPS) is 36.1. The van der Waals surface area contributed by atoms with Crippen LogP contribution in [0.15, 0.2) is 0 Å². The maximum atomic E-state index is 12.6. The van der Waals surface area contributed by atoms with Gasteiger partial charge in [-0.15, -0.1) is 0 Å². The fourth-order valence-electron chi connectivity index (χ4n) is 3.97. The monoisotopic (exact) mass is 292 g/mol. The molecule has 3 aliphatic carbocycles. The van der Waals surface area contributed by atoms with Crippen LogP contribution in [0, 0.1) is 23.7 Å². The molecule has 4 aliphatic rings. The molecule has 21 heavy (non-hydrogen) atoms. The molecular formula is C17H28N2O2. The third-order valence-electron chi connectivity index (χ3n) is 5.62. The summed E-state index contributed by atoms with van der Waals surface area (Å²) in [6.45, 7) is 4.49. The molecule has 1 heterocycles. The van der Waals surface area contributed by atoms with Crippen molar-refractivity contribution in [3.05, 3.63) is 0 Å². The first-order valence-corrected chi connectivity index (χ1v) is 8.79. The van der Waals surface area contributed by atoms with Crippen molar-refractivity contribution in [3.8, 4) is 0 Å². The number of hydrogen-bond acceptors (Lipinski definition) is 3. The summed E-state index contributed by atoms with van der Waals surface area (Å²) in [7, 11) is 2.19. The zero-order valence-corrected chi connectivity index (χ0v) is 13.2. The first kappa shape index (κ1) is 14.0. The lowest BCUT2D eigenvalue weighted by molar-refractivity contribution is -0.141. The van der Waals surface area contributed by atoms with Crippen molar-refractivity contribution < 1.29 is 9.53 Å². The van der Waals surface area contributed by atoms with E-state index in [1.807, 2.05) is 0 Å². The predicted octanol–water partition coefficient (Wildman–Crippen LogP) is 1.60. The van der Waals surface area contributed by atoms with E-state index in [2.05, 4.69) is 16.8 Å². The molecule has 1 amide bonds. The second-order valence-corrected chi connectivity index (χ2v) is 7.79. The molecule has 1 aliphatic heterocycles. The minimum atomic E-state index is 0.213. The highest BCUT2D eigenvalue weighted by Crippen LogP contribution is 2.54. The third-order valence-corrected chi connectivity index (χ3v) is 5.62. The number of carbonyl (C=O) groups is 1. The molecule has 1 saturated heterocycles. The average molecular weight is 292 g/mol. The second-order valence-electron chi connectivity index (χ2n) is 7.79. The number of amides is 1. The van der Waals surface area contributed by atoms with Crippen LogP contribution in [0.4, 0.5) is 0 Å². The summed E-state index contributed by atoms with van der Waals surface area (Å²) in [6.07, 6.45) is 6.89. The minimum Gasteiger partial charge on any atom is -0.373 e. The number of rotatable bonds is 6. The molecular weight excluding hydrogens is 264 g/mol. The van der Waals surface area contributed by atoms with Gasteiger partial charge in [-0.1, -0.05) is 0 Å². The Kier molecular flexibility index (Phi) is 3.70. The number of carbonyl (C=O) groups excluding carboxylic acids is 1. The Labute approximate surface area is 127 Å². The highest BCUT2D eigenvalue weighted by molar-refractivity contribution is 5.82. The van der Waals surface area contributed by atoms with Crippen LogP contribution in [0.2, 0.25) is 0 Å². The van der Waals surface area contributed by atoms with Gasteiger partial charge in [0.2, 0.25) is 5.91 Å². The Bertz CT molecular complexity index is 406. The van der Waals surface area contributed by atoms with Gasteiger partial charge in [0.15, 0.2) is 0 Å². The number of hydrogen-bond donors (Lipinski definition) is 0. The molecule has 3 atom stereocenters. The summed E-state index contributed by atoms with van der Waals surface area (Å²) in [6, 6.07) is 0. The SMILES string of the molecule is CN(CC1CC1)CC1CN(C(=O)C2CC2C2CC2)CCO1. The molecule has 4 rings (SSSR count). The Morgan fingerprint density at radius 1 is 1.24 bits per heavy atom. The van der Waals surface area contributed by atoms with E-state index in [-0.39, 0.29) is 6.10 Å². The highest BCUT2D eigenvalue weighted by atomic mass is 16.5. The number of likely N-dealkylation sites (N-methyl/N-ethyl adjacent to an activating group) is 1. The van der Waals surface area contributed by atoms with Crippen LogP contribution < -0.4 is 0 Å². The molecule has 4 heteroatoms. The van der Waals surface area contributed by atoms with Crippen molar-refractivity contribution in [1.82, 2.24) is 9.80 Å². The maximum absolute atomic E-state index is 12.6. The summed E-state index contributed by atoms with van der Waals surface area (Å²) in [4.78, 5) is 17.1. The smallest absolute Gasteiger partial charge is 0.226 e. The van der Waals surface area contributed by atoms with Crippen LogP contribution in [-0.2, 0) is 9.53 Å². The van der Waals surface area contributed by atoms with E-state index in [1.165, 1.54) is 32.2 Å². The summed E-state index contributed by atoms with van der Waals surface area (Å²) in [5.41, 5.74) is 0. The largest absolute Gasteiger partial charge is 0.373 e. The van der Waals surface area contributed by atoms with Gasteiger partial charge < -0.3 is 14.5 Å². The van der Waals surface area contributed by atoms with E-state index in [9.17, 15) is 4.79 Å². The Morgan fingerprint density at radius 2 is 2.05 bits per heavy atom. The summed E-state index contributed by atoms with van der Waals surface area (Å²) in [5.74, 6) is 3.32. The summed E-state index contributed by atoms with van der Waals surface area (Å²) in [5, 5.41) is 0. The molecule has 0 N–H and O–H groups in total. The lowest BCUT2D eigenvalue weighted by Gasteiger charge is -2.35. The van der Waals surface area contributed by atoms with Crippen LogP contribution in [0.25, 0.3) is 0 Å². The first-order valence-electron chi connectivity index (χ1n) is 8.79. The van der Waals surface area contributed by atoms with Crippen LogP contribution in [-0.4, -0.2) is 61.6 Å². The van der Waals surface area contributed by atoms with Gasteiger partial charge in [-0.05, 0) is 56.9 Å². The molecule has 3 unspecified atom stereocenters. The predicted molar refractivity (Wildman–Crippen MR) is 80.9 cm³/mol. The van der Waals surface area contributed by atoms with E-state index < -0.39 is 0 Å². The second kappa shape index (κ2) is 5.54. The Morgan fingerprint density at radius 3 is 2.76 bits per heavy atom. The minimum absolute atomic E-state index is 0.213. The van der Waals surface area contributed by atoms with Gasteiger partial charge >= 0.3 is 0 Å². The van der Waals surface area contributed by atoms with Gasteiger partial charge in [0.1, 0.15) is 0 Å². The van der Waals surface area contributed by atoms with Gasteiger partial charge in [0, 0.05) is 32.1 Å². The van der Waals surface area contributed by atoms with Gasteiger partial charge in [-0.2, -0.15) is 0 Å². The molecule has 3 saturated carbocycles. The molecule has 0 aromatic rings. The van der Waals surface area contributed by atoms with Gasteiger partial charge in [0.25, 0.3) is 0 Å². The molecule has 0 aromatic heterocycles. The molecule has 4 fully saturated rings. The van der Waals surface area contributed by atoms with Gasteiger partial charge in [0.05, 0.1) is 12.7 Å². The van der Waals surface area contributed by atoms with E-state index >= 15 is 0 Å². The maximum Gasteiger partial charge on any atom is 0.226 e. The van der Waals surface area contributed by atoms with Crippen LogP contribution in [0.3, 0.4) is 0 Å². The Hall–Kier alpha value is -0.610. The molecule has 0 spiro atoms. The summed E-state index contributed by atoms with van der Waals surface area (Å²) >= 11 is 0. The van der Waals surface area contributed by atoms with Crippen molar-refractivity contribution in [2.24, 2.45) is 23.7 Å². The first-order chi connectivity index (χ1) is 10.2. The highest BCUT2D eigenvalue weighted by Gasteiger charge is 2.52. The molecule has 4 nitrogen and oxygen atoms in total. The van der Waals surface area contributed by atoms with Crippen LogP contribution >= 0.6 is 0 Å². The van der Waals surface area contributed by atoms with E-state index in [4.69, 9.17) is 4.74 Å². The zero-order chi connectivity index (χ0) is 14.4. The van der Waals surface area contributed by atoms with E-state index in [0.717, 1.165) is 43.8 Å². The fourth-order valence-corrected chi connectivity index (χ4v) is 3.97. The number of morpholine rings is 1. The summed E-state index contributed by atoms with van der Waals surface area (Å²) < 4.78 is 5.88. The van der Waals surface area contributed by atoms with Crippen LogP contribution in [0.1, 0.15) is 32.1 Å². The van der Waals surface area contributed by atoms with E-state index in [0.29, 0.717) is 18.4 Å². The lowest BCUT2D eigenvalue weighted by atomic mass is 10.2. The number of nitrogens with zero attached hydrogens (tertiary/aromatic N) is 2. The van der Waals surface area contributed by atoms with E-state index in [1.54, 1.807) is 0 Å². The molecule has 0 aromatic carbocycles. The topological polar surface area (TPSA) is 32.8 Å². The third kappa shape index (κ3) is 3.42. The lowest BCUT2D eigenvalue weighted by Crippen LogP contribution is -2.50. The van der Waals surface area contributed by atoms with Gasteiger partial charge in [-0.3, -0.25) is 4.79 Å². The Balaban J connectivity index is 1.25. The zero-order valence-electron chi connectivity index (χ0n) is 13.2. The van der Waals surface area contributed by atoms with Gasteiger partial charge in [-0.25, -0.2) is 0 Å². The molecule has 0 bridgehead atoms. The molecule has 118 valence electrons. The van der Waals surface area contributed by atoms with Crippen molar-refractivity contribution >= 4 is 5.91 Å². The van der Waals surface area contributed by atoms with Crippen molar-refractivity contribution in [2.45, 2.75) is 38.2 Å². The van der Waals surface area contributed by atoms with Crippen molar-refractivity contribution in [2.75, 3.05) is 39.8 Å². The van der Waals surface area contributed by atoms with Crippen LogP contribution in [0.5, 0.6) is 0 Å². The number of ether oxygens (including phenoxy) is 1. The quantitative estimate of drug-likeness (QED) is 0.745. The average Bonchev–Trinajstić information content (AvgIpc) is 3.32.